The quantitative estimate of drug-likeness (QED) is 0.684. The monoisotopic (exact) mass is 391 g/mol. The van der Waals surface area contributed by atoms with Crippen LogP contribution < -0.4 is 10.0 Å². The zero-order valence-corrected chi connectivity index (χ0v) is 13.2. The van der Waals surface area contributed by atoms with Crippen molar-refractivity contribution in [2.24, 2.45) is 0 Å². The van der Waals surface area contributed by atoms with Crippen LogP contribution in [0.2, 0.25) is 0 Å². The first-order valence-electron chi connectivity index (χ1n) is 5.61. The topological polar surface area (TPSA) is 74.0 Å². The summed E-state index contributed by atoms with van der Waals surface area (Å²) in [7, 11) is -1.73. The predicted octanol–water partition coefficient (Wildman–Crippen LogP) is 2.14. The van der Waals surface area contributed by atoms with Crippen LogP contribution in [0.25, 0.3) is 0 Å². The molecule has 1 aromatic heterocycles. The highest BCUT2D eigenvalue weighted by Gasteiger charge is 2.15. The molecule has 0 bridgehead atoms. The van der Waals surface area contributed by atoms with E-state index >= 15 is 0 Å². The number of H-pyrrole nitrogens is 1. The molecular formula is C12H14IN3O2S. The van der Waals surface area contributed by atoms with Gasteiger partial charge in [0, 0.05) is 27.7 Å². The van der Waals surface area contributed by atoms with Gasteiger partial charge >= 0.3 is 0 Å². The lowest BCUT2D eigenvalue weighted by molar-refractivity contribution is 0.601. The first kappa shape index (κ1) is 14.4. The van der Waals surface area contributed by atoms with Crippen LogP contribution >= 0.6 is 22.6 Å². The number of benzene rings is 1. The van der Waals surface area contributed by atoms with Crippen LogP contribution in [0, 0.1) is 3.57 Å². The Morgan fingerprint density at radius 1 is 1.26 bits per heavy atom. The molecule has 0 spiro atoms. The van der Waals surface area contributed by atoms with Crippen molar-refractivity contribution >= 4 is 38.3 Å². The van der Waals surface area contributed by atoms with Gasteiger partial charge in [-0.3, -0.25) is 4.72 Å². The molecule has 7 heteroatoms. The molecule has 3 N–H and O–H groups in total. The minimum Gasteiger partial charge on any atom is -0.363 e. The van der Waals surface area contributed by atoms with E-state index in [2.05, 4.69) is 37.6 Å². The van der Waals surface area contributed by atoms with Crippen LogP contribution in [0.1, 0.15) is 5.69 Å². The number of aromatic nitrogens is 1. The summed E-state index contributed by atoms with van der Waals surface area (Å²) < 4.78 is 27.9. The maximum absolute atomic E-state index is 12.2. The zero-order valence-electron chi connectivity index (χ0n) is 10.3. The average molecular weight is 391 g/mol. The van der Waals surface area contributed by atoms with E-state index in [1.807, 2.05) is 12.1 Å². The van der Waals surface area contributed by atoms with Gasteiger partial charge in [-0.25, -0.2) is 8.42 Å². The summed E-state index contributed by atoms with van der Waals surface area (Å²) in [4.78, 5) is 3.16. The molecular weight excluding hydrogens is 377 g/mol. The SMILES string of the molecule is CNCc1cc(S(=O)(=O)Nc2ccc(I)cc2)c[nH]1. The molecule has 0 saturated carbocycles. The van der Waals surface area contributed by atoms with Crippen LogP contribution in [0.5, 0.6) is 0 Å². The maximum atomic E-state index is 12.2. The molecule has 5 nitrogen and oxygen atoms in total. The normalized spacial score (nSPS) is 11.5. The largest absolute Gasteiger partial charge is 0.363 e. The fourth-order valence-corrected chi connectivity index (χ4v) is 3.03. The lowest BCUT2D eigenvalue weighted by Crippen LogP contribution is -2.12. The third kappa shape index (κ3) is 3.71. The van der Waals surface area contributed by atoms with Gasteiger partial charge in [-0.05, 0) is 60.0 Å². The summed E-state index contributed by atoms with van der Waals surface area (Å²) >= 11 is 2.17. The fraction of sp³-hybridized carbons (Fsp3) is 0.167. The molecule has 1 heterocycles. The second kappa shape index (κ2) is 5.93. The van der Waals surface area contributed by atoms with Gasteiger partial charge in [-0.1, -0.05) is 0 Å². The van der Waals surface area contributed by atoms with E-state index in [4.69, 9.17) is 0 Å². The van der Waals surface area contributed by atoms with Gasteiger partial charge in [0.2, 0.25) is 0 Å². The second-order valence-corrected chi connectivity index (χ2v) is 6.93. The van der Waals surface area contributed by atoms with Crippen molar-refractivity contribution in [3.05, 3.63) is 45.8 Å². The van der Waals surface area contributed by atoms with E-state index in [1.54, 1.807) is 25.2 Å². The van der Waals surface area contributed by atoms with Gasteiger partial charge in [0.25, 0.3) is 10.0 Å². The van der Waals surface area contributed by atoms with Crippen molar-refractivity contribution in [1.82, 2.24) is 10.3 Å². The minimum absolute atomic E-state index is 0.233. The van der Waals surface area contributed by atoms with Crippen molar-refractivity contribution in [3.63, 3.8) is 0 Å². The third-order valence-electron chi connectivity index (χ3n) is 2.49. The first-order valence-corrected chi connectivity index (χ1v) is 8.18. The number of hydrogen-bond acceptors (Lipinski definition) is 3. The minimum atomic E-state index is -3.54. The number of rotatable bonds is 5. The summed E-state index contributed by atoms with van der Waals surface area (Å²) in [6, 6.07) is 8.79. The van der Waals surface area contributed by atoms with Crippen LogP contribution in [-0.2, 0) is 16.6 Å². The fourth-order valence-electron chi connectivity index (χ4n) is 1.60. The molecule has 0 amide bonds. The number of nitrogens with one attached hydrogen (secondary N) is 3. The van der Waals surface area contributed by atoms with Crippen molar-refractivity contribution < 1.29 is 8.42 Å². The standard InChI is InChI=1S/C12H14IN3O2S/c1-14-7-11-6-12(8-15-11)19(17,18)16-10-4-2-9(13)3-5-10/h2-6,8,14-16H,7H2,1H3. The van der Waals surface area contributed by atoms with E-state index in [9.17, 15) is 8.42 Å². The molecule has 0 radical (unpaired) electrons. The number of sulfonamides is 1. The predicted molar refractivity (Wildman–Crippen MR) is 83.5 cm³/mol. The van der Waals surface area contributed by atoms with Gasteiger partial charge in [0.1, 0.15) is 4.90 Å². The van der Waals surface area contributed by atoms with Crippen molar-refractivity contribution in [2.45, 2.75) is 11.4 Å². The Morgan fingerprint density at radius 2 is 1.95 bits per heavy atom. The Bertz CT molecular complexity index is 650. The van der Waals surface area contributed by atoms with Gasteiger partial charge in [-0.15, -0.1) is 0 Å². The van der Waals surface area contributed by atoms with Gasteiger partial charge in [-0.2, -0.15) is 0 Å². The highest BCUT2D eigenvalue weighted by Crippen LogP contribution is 2.17. The summed E-state index contributed by atoms with van der Waals surface area (Å²) in [6.07, 6.45) is 1.49. The Morgan fingerprint density at radius 3 is 2.58 bits per heavy atom. The molecule has 19 heavy (non-hydrogen) atoms. The van der Waals surface area contributed by atoms with E-state index in [1.165, 1.54) is 6.20 Å². The highest BCUT2D eigenvalue weighted by molar-refractivity contribution is 14.1. The number of hydrogen-bond donors (Lipinski definition) is 3. The van der Waals surface area contributed by atoms with Crippen LogP contribution in [0.3, 0.4) is 0 Å². The summed E-state index contributed by atoms with van der Waals surface area (Å²) in [6.45, 7) is 0.596. The van der Waals surface area contributed by atoms with Crippen molar-refractivity contribution in [1.29, 1.82) is 0 Å². The van der Waals surface area contributed by atoms with Crippen molar-refractivity contribution in [3.8, 4) is 0 Å². The van der Waals surface area contributed by atoms with E-state index in [-0.39, 0.29) is 4.90 Å². The molecule has 0 fully saturated rings. The van der Waals surface area contributed by atoms with Crippen molar-refractivity contribution in [2.75, 3.05) is 11.8 Å². The number of aromatic amines is 1. The molecule has 0 aliphatic rings. The number of anilines is 1. The maximum Gasteiger partial charge on any atom is 0.263 e. The molecule has 2 rings (SSSR count). The van der Waals surface area contributed by atoms with Crippen LogP contribution in [0.15, 0.2) is 41.4 Å². The van der Waals surface area contributed by atoms with Gasteiger partial charge < -0.3 is 10.3 Å². The lowest BCUT2D eigenvalue weighted by atomic mass is 10.3. The molecule has 0 saturated heterocycles. The van der Waals surface area contributed by atoms with Gasteiger partial charge in [0.05, 0.1) is 0 Å². The molecule has 2 aromatic rings. The first-order chi connectivity index (χ1) is 9.01. The smallest absolute Gasteiger partial charge is 0.263 e. The average Bonchev–Trinajstić information content (AvgIpc) is 2.82. The second-order valence-electron chi connectivity index (χ2n) is 4.00. The van der Waals surface area contributed by atoms with E-state index in [0.717, 1.165) is 9.26 Å². The molecule has 0 aliphatic heterocycles. The lowest BCUT2D eigenvalue weighted by Gasteiger charge is -2.06. The molecule has 0 aliphatic carbocycles. The van der Waals surface area contributed by atoms with Crippen LogP contribution in [-0.4, -0.2) is 20.4 Å². The molecule has 102 valence electrons. The highest BCUT2D eigenvalue weighted by atomic mass is 127. The summed E-state index contributed by atoms with van der Waals surface area (Å²) in [5.74, 6) is 0. The Balaban J connectivity index is 2.19. The van der Waals surface area contributed by atoms with E-state index in [0.29, 0.717) is 12.2 Å². The van der Waals surface area contributed by atoms with Crippen LogP contribution in [0.4, 0.5) is 5.69 Å². The number of halogens is 1. The summed E-state index contributed by atoms with van der Waals surface area (Å²) in [5, 5.41) is 2.96. The molecule has 0 unspecified atom stereocenters. The molecule has 1 aromatic carbocycles. The Labute approximate surface area is 126 Å². The van der Waals surface area contributed by atoms with E-state index < -0.39 is 10.0 Å². The third-order valence-corrected chi connectivity index (χ3v) is 4.57. The summed E-state index contributed by atoms with van der Waals surface area (Å²) in [5.41, 5.74) is 1.38. The zero-order chi connectivity index (χ0) is 13.9. The Kier molecular flexibility index (Phi) is 4.48. The molecule has 0 atom stereocenters. The Hall–Kier alpha value is -1.06. The van der Waals surface area contributed by atoms with Gasteiger partial charge in [0.15, 0.2) is 0 Å².